The van der Waals surface area contributed by atoms with Crippen molar-refractivity contribution in [1.29, 1.82) is 0 Å². The van der Waals surface area contributed by atoms with Crippen molar-refractivity contribution >= 4 is 46.3 Å². The first kappa shape index (κ1) is 22.3. The standard InChI is InChI=1S/C24H21ClN4OS2/c1-3-12-29-23(20-14-31-16(2)22(20)17-8-5-4-6-9-17)27-28-24(29)32-15-21(30)26-19-11-7-10-18(25)13-19/h3-11,13-14H,1,12,15H2,2H3,(H,26,30). The third-order valence-corrected chi connectivity index (χ3v) is 6.86. The molecule has 2 aromatic heterocycles. The van der Waals surface area contributed by atoms with Gasteiger partial charge in [0.15, 0.2) is 11.0 Å². The van der Waals surface area contributed by atoms with Gasteiger partial charge in [-0.3, -0.25) is 9.36 Å². The normalized spacial score (nSPS) is 10.8. The van der Waals surface area contributed by atoms with Crippen LogP contribution < -0.4 is 5.32 Å². The van der Waals surface area contributed by atoms with Gasteiger partial charge in [-0.1, -0.05) is 65.8 Å². The number of nitrogens with zero attached hydrogens (tertiary/aromatic N) is 3. The molecule has 0 radical (unpaired) electrons. The molecule has 0 aliphatic rings. The summed E-state index contributed by atoms with van der Waals surface area (Å²) in [6.07, 6.45) is 1.81. The number of thioether (sulfide) groups is 1. The second kappa shape index (κ2) is 10.2. The first-order valence-electron chi connectivity index (χ1n) is 9.93. The molecule has 2 aromatic carbocycles. The first-order valence-corrected chi connectivity index (χ1v) is 12.2. The van der Waals surface area contributed by atoms with Gasteiger partial charge in [-0.05, 0) is 30.7 Å². The highest BCUT2D eigenvalue weighted by molar-refractivity contribution is 7.99. The Morgan fingerprint density at radius 1 is 1.22 bits per heavy atom. The summed E-state index contributed by atoms with van der Waals surface area (Å²) in [5.41, 5.74) is 3.99. The molecule has 0 bridgehead atoms. The zero-order valence-corrected chi connectivity index (χ0v) is 19.8. The number of thiophene rings is 1. The average molecular weight is 481 g/mol. The molecule has 1 amide bonds. The average Bonchev–Trinajstić information content (AvgIpc) is 3.36. The van der Waals surface area contributed by atoms with E-state index in [1.807, 2.05) is 28.8 Å². The second-order valence-corrected chi connectivity index (χ2v) is 9.46. The minimum atomic E-state index is -0.136. The highest BCUT2D eigenvalue weighted by atomic mass is 35.5. The maximum absolute atomic E-state index is 12.4. The summed E-state index contributed by atoms with van der Waals surface area (Å²) >= 11 is 9.02. The van der Waals surface area contributed by atoms with Crippen LogP contribution in [0.2, 0.25) is 5.02 Å². The second-order valence-electron chi connectivity index (χ2n) is 7.00. The van der Waals surface area contributed by atoms with Crippen molar-refractivity contribution in [2.24, 2.45) is 0 Å². The molecule has 0 unspecified atom stereocenters. The maximum Gasteiger partial charge on any atom is 0.234 e. The Kier molecular flexibility index (Phi) is 7.09. The Bertz CT molecular complexity index is 1250. The van der Waals surface area contributed by atoms with Gasteiger partial charge in [0, 0.05) is 38.6 Å². The van der Waals surface area contributed by atoms with Crippen LogP contribution in [0.4, 0.5) is 5.69 Å². The third-order valence-electron chi connectivity index (χ3n) is 4.75. The van der Waals surface area contributed by atoms with Gasteiger partial charge in [0.25, 0.3) is 0 Å². The van der Waals surface area contributed by atoms with Gasteiger partial charge < -0.3 is 5.32 Å². The van der Waals surface area contributed by atoms with Crippen LogP contribution in [0.3, 0.4) is 0 Å². The lowest BCUT2D eigenvalue weighted by atomic mass is 10.0. The minimum absolute atomic E-state index is 0.136. The quantitative estimate of drug-likeness (QED) is 0.229. The highest BCUT2D eigenvalue weighted by Gasteiger charge is 2.20. The fourth-order valence-electron chi connectivity index (χ4n) is 3.36. The van der Waals surface area contributed by atoms with Crippen LogP contribution in [-0.2, 0) is 11.3 Å². The van der Waals surface area contributed by atoms with E-state index in [1.165, 1.54) is 16.6 Å². The lowest BCUT2D eigenvalue weighted by molar-refractivity contribution is -0.113. The summed E-state index contributed by atoms with van der Waals surface area (Å²) in [6, 6.07) is 17.4. The number of allylic oxidation sites excluding steroid dienone is 1. The lowest BCUT2D eigenvalue weighted by Gasteiger charge is -2.10. The monoisotopic (exact) mass is 480 g/mol. The van der Waals surface area contributed by atoms with Gasteiger partial charge in [-0.25, -0.2) is 0 Å². The number of carbonyl (C=O) groups excluding carboxylic acids is 1. The molecule has 4 aromatic rings. The van der Waals surface area contributed by atoms with E-state index < -0.39 is 0 Å². The van der Waals surface area contributed by atoms with Crippen LogP contribution in [0, 0.1) is 6.92 Å². The predicted molar refractivity (Wildman–Crippen MR) is 135 cm³/mol. The van der Waals surface area contributed by atoms with Crippen molar-refractivity contribution in [1.82, 2.24) is 14.8 Å². The summed E-state index contributed by atoms with van der Waals surface area (Å²) < 4.78 is 2.00. The number of rotatable bonds is 8. The number of benzene rings is 2. The molecule has 0 aliphatic heterocycles. The van der Waals surface area contributed by atoms with Crippen LogP contribution in [0.25, 0.3) is 22.5 Å². The third kappa shape index (κ3) is 4.96. The first-order chi connectivity index (χ1) is 15.6. The molecule has 1 N–H and O–H groups in total. The number of aromatic nitrogens is 3. The van der Waals surface area contributed by atoms with Crippen LogP contribution in [0.1, 0.15) is 4.88 Å². The lowest BCUT2D eigenvalue weighted by Crippen LogP contribution is -2.14. The Morgan fingerprint density at radius 2 is 2.03 bits per heavy atom. The zero-order chi connectivity index (χ0) is 22.5. The molecular weight excluding hydrogens is 460 g/mol. The van der Waals surface area contributed by atoms with E-state index >= 15 is 0 Å². The number of hydrogen-bond donors (Lipinski definition) is 1. The molecule has 32 heavy (non-hydrogen) atoms. The Hall–Kier alpha value is -2.87. The number of hydrogen-bond acceptors (Lipinski definition) is 5. The topological polar surface area (TPSA) is 59.8 Å². The van der Waals surface area contributed by atoms with Gasteiger partial charge in [0.2, 0.25) is 5.91 Å². The summed E-state index contributed by atoms with van der Waals surface area (Å²) in [6.45, 7) is 6.54. The number of halogens is 1. The summed E-state index contributed by atoms with van der Waals surface area (Å²) in [7, 11) is 0. The zero-order valence-electron chi connectivity index (χ0n) is 17.4. The largest absolute Gasteiger partial charge is 0.325 e. The molecule has 4 rings (SSSR count). The van der Waals surface area contributed by atoms with Crippen LogP contribution in [0.15, 0.2) is 77.8 Å². The van der Waals surface area contributed by atoms with Crippen molar-refractivity contribution in [3.8, 4) is 22.5 Å². The summed E-state index contributed by atoms with van der Waals surface area (Å²) in [4.78, 5) is 13.7. The van der Waals surface area contributed by atoms with Crippen molar-refractivity contribution in [2.45, 2.75) is 18.6 Å². The van der Waals surface area contributed by atoms with Crippen molar-refractivity contribution in [3.63, 3.8) is 0 Å². The SMILES string of the molecule is C=CCn1c(SCC(=O)Nc2cccc(Cl)c2)nnc1-c1csc(C)c1-c1ccccc1. The van der Waals surface area contributed by atoms with Crippen LogP contribution in [0.5, 0.6) is 0 Å². The van der Waals surface area contributed by atoms with Crippen LogP contribution in [-0.4, -0.2) is 26.4 Å². The van der Waals surface area contributed by atoms with E-state index in [4.69, 9.17) is 11.6 Å². The van der Waals surface area contributed by atoms with Crippen molar-refractivity contribution in [3.05, 3.63) is 82.5 Å². The van der Waals surface area contributed by atoms with Gasteiger partial charge in [-0.15, -0.1) is 28.1 Å². The molecule has 0 spiro atoms. The van der Waals surface area contributed by atoms with Gasteiger partial charge >= 0.3 is 0 Å². The number of amides is 1. The van der Waals surface area contributed by atoms with E-state index in [2.05, 4.69) is 46.5 Å². The summed E-state index contributed by atoms with van der Waals surface area (Å²) in [5, 5.41) is 15.1. The fourth-order valence-corrected chi connectivity index (χ4v) is 5.17. The fraction of sp³-hybridized carbons (Fsp3) is 0.125. The van der Waals surface area contributed by atoms with Gasteiger partial charge in [-0.2, -0.15) is 0 Å². The minimum Gasteiger partial charge on any atom is -0.325 e. The molecule has 5 nitrogen and oxygen atoms in total. The van der Waals surface area contributed by atoms with E-state index in [0.717, 1.165) is 22.5 Å². The molecule has 0 fully saturated rings. The van der Waals surface area contributed by atoms with E-state index in [-0.39, 0.29) is 11.7 Å². The Morgan fingerprint density at radius 3 is 2.78 bits per heavy atom. The predicted octanol–water partition coefficient (Wildman–Crippen LogP) is 6.55. The van der Waals surface area contributed by atoms with E-state index in [1.54, 1.807) is 35.6 Å². The summed E-state index contributed by atoms with van der Waals surface area (Å²) in [5.74, 6) is 0.838. The van der Waals surface area contributed by atoms with Crippen molar-refractivity contribution in [2.75, 3.05) is 11.1 Å². The molecular formula is C24H21ClN4OS2. The Balaban J connectivity index is 1.58. The molecule has 0 saturated carbocycles. The molecule has 8 heteroatoms. The molecule has 0 aliphatic carbocycles. The number of nitrogens with one attached hydrogen (secondary N) is 1. The molecule has 162 valence electrons. The van der Waals surface area contributed by atoms with Gasteiger partial charge in [0.1, 0.15) is 0 Å². The Labute approximate surface area is 200 Å². The number of carbonyl (C=O) groups is 1. The van der Waals surface area contributed by atoms with E-state index in [0.29, 0.717) is 22.4 Å². The maximum atomic E-state index is 12.4. The van der Waals surface area contributed by atoms with Crippen molar-refractivity contribution < 1.29 is 4.79 Å². The molecule has 0 atom stereocenters. The molecule has 0 saturated heterocycles. The van der Waals surface area contributed by atoms with Crippen LogP contribution >= 0.6 is 34.7 Å². The van der Waals surface area contributed by atoms with E-state index in [9.17, 15) is 4.79 Å². The number of aryl methyl sites for hydroxylation is 1. The highest BCUT2D eigenvalue weighted by Crippen LogP contribution is 2.39. The molecule has 2 heterocycles. The smallest absolute Gasteiger partial charge is 0.234 e. The van der Waals surface area contributed by atoms with Gasteiger partial charge in [0.05, 0.1) is 5.75 Å². The number of anilines is 1.